The number of anilines is 1. The number of ether oxygens (including phenoxy) is 1. The lowest BCUT2D eigenvalue weighted by Gasteiger charge is -2.28. The first-order valence-electron chi connectivity index (χ1n) is 14.4. The van der Waals surface area contributed by atoms with Crippen LogP contribution in [0.15, 0.2) is 83.7 Å². The minimum Gasteiger partial charge on any atom is -0.461 e. The van der Waals surface area contributed by atoms with Crippen LogP contribution in [-0.2, 0) is 22.5 Å². The molecule has 1 saturated carbocycles. The van der Waals surface area contributed by atoms with E-state index in [2.05, 4.69) is 0 Å². The molecule has 0 amide bonds. The Kier molecular flexibility index (Phi) is 9.29. The maximum atomic E-state index is 15.6. The Morgan fingerprint density at radius 1 is 0.932 bits per heavy atom. The van der Waals surface area contributed by atoms with E-state index < -0.39 is 52.3 Å². The van der Waals surface area contributed by atoms with Crippen LogP contribution in [0.5, 0.6) is 0 Å². The molecule has 1 aliphatic rings. The van der Waals surface area contributed by atoms with Crippen molar-refractivity contribution in [1.82, 2.24) is 9.47 Å². The van der Waals surface area contributed by atoms with Gasteiger partial charge in [-0.2, -0.15) is 0 Å². The predicted octanol–water partition coefficient (Wildman–Crippen LogP) is 5.60. The number of rotatable bonds is 10. The fraction of sp³-hybridized carbons (Fsp3) is 0.265. The Morgan fingerprint density at radius 3 is 2.20 bits per heavy atom. The zero-order valence-corrected chi connectivity index (χ0v) is 24.1. The first-order valence-corrected chi connectivity index (χ1v) is 14.4. The number of hydrogen-bond donors (Lipinski definition) is 1. The molecule has 0 radical (unpaired) electrons. The maximum Gasteiger partial charge on any atom is 0.323 e. The molecule has 1 heterocycles. The van der Waals surface area contributed by atoms with E-state index in [-0.39, 0.29) is 29.3 Å². The third-order valence-corrected chi connectivity index (χ3v) is 7.87. The van der Waals surface area contributed by atoms with Crippen LogP contribution < -0.4 is 11.3 Å². The van der Waals surface area contributed by atoms with Crippen LogP contribution in [0.3, 0.4) is 0 Å². The zero-order valence-electron chi connectivity index (χ0n) is 24.1. The van der Waals surface area contributed by atoms with Crippen molar-refractivity contribution in [1.29, 1.82) is 0 Å². The van der Waals surface area contributed by atoms with Crippen LogP contribution in [0.2, 0.25) is 0 Å². The van der Waals surface area contributed by atoms with E-state index in [4.69, 9.17) is 10.5 Å². The van der Waals surface area contributed by atoms with Gasteiger partial charge in [0.25, 0.3) is 5.56 Å². The van der Waals surface area contributed by atoms with Gasteiger partial charge in [-0.3, -0.25) is 23.9 Å². The Hall–Kier alpha value is -4.70. The standard InChI is InChI=1S/C34H32F3N3O4/c1-39(29(19-21-7-3-2-4-8-21)34(43)44-25-9-5-6-10-25)20-22-17-27(36)31(28(37)18-22)40-30(41)16-15-26(33(40)38)32(42)23-11-13-24(35)14-12-23/h2-4,7-8,11-18,25,29H,5-6,9-10,19-20,38H2,1H3/t29-/m0/s1. The molecule has 0 saturated heterocycles. The van der Waals surface area contributed by atoms with Gasteiger partial charge in [0, 0.05) is 18.2 Å². The van der Waals surface area contributed by atoms with E-state index in [1.807, 2.05) is 30.3 Å². The van der Waals surface area contributed by atoms with Gasteiger partial charge >= 0.3 is 5.97 Å². The number of likely N-dealkylation sites (N-methyl/N-ethyl adjacent to an activating group) is 1. The van der Waals surface area contributed by atoms with E-state index >= 15 is 8.78 Å². The quantitative estimate of drug-likeness (QED) is 0.188. The third kappa shape index (κ3) is 6.75. The smallest absolute Gasteiger partial charge is 0.323 e. The fourth-order valence-corrected chi connectivity index (χ4v) is 5.56. The molecule has 1 aromatic heterocycles. The van der Waals surface area contributed by atoms with Crippen LogP contribution in [0.25, 0.3) is 5.69 Å². The Labute approximate surface area is 252 Å². The lowest BCUT2D eigenvalue weighted by atomic mass is 10.0. The summed E-state index contributed by atoms with van der Waals surface area (Å²) in [6, 6.07) is 17.6. The molecule has 7 nitrogen and oxygen atoms in total. The van der Waals surface area contributed by atoms with Crippen molar-refractivity contribution in [3.05, 3.63) is 129 Å². The molecule has 1 atom stereocenters. The summed E-state index contributed by atoms with van der Waals surface area (Å²) in [7, 11) is 1.68. The lowest BCUT2D eigenvalue weighted by molar-refractivity contribution is -0.155. The van der Waals surface area contributed by atoms with Gasteiger partial charge in [0.15, 0.2) is 17.4 Å². The Morgan fingerprint density at radius 2 is 1.57 bits per heavy atom. The molecule has 4 aromatic rings. The number of nitrogens with two attached hydrogens (primary N) is 1. The van der Waals surface area contributed by atoms with Gasteiger partial charge in [-0.05, 0) is 92.7 Å². The normalized spacial score (nSPS) is 14.1. The van der Waals surface area contributed by atoms with Crippen LogP contribution in [0, 0.1) is 17.5 Å². The fourth-order valence-electron chi connectivity index (χ4n) is 5.56. The zero-order chi connectivity index (χ0) is 31.4. The molecule has 5 rings (SSSR count). The summed E-state index contributed by atoms with van der Waals surface area (Å²) >= 11 is 0. The van der Waals surface area contributed by atoms with Crippen LogP contribution in [0.4, 0.5) is 19.0 Å². The molecule has 3 aromatic carbocycles. The highest BCUT2D eigenvalue weighted by Crippen LogP contribution is 2.26. The number of benzene rings is 3. The average molecular weight is 604 g/mol. The molecule has 1 fully saturated rings. The summed E-state index contributed by atoms with van der Waals surface area (Å²) in [5, 5.41) is 0. The highest BCUT2D eigenvalue weighted by Gasteiger charge is 2.30. The third-order valence-electron chi connectivity index (χ3n) is 7.87. The first kappa shape index (κ1) is 30.7. The highest BCUT2D eigenvalue weighted by atomic mass is 19.1. The van der Waals surface area contributed by atoms with E-state index in [0.29, 0.717) is 11.0 Å². The van der Waals surface area contributed by atoms with Gasteiger partial charge in [-0.1, -0.05) is 30.3 Å². The molecule has 10 heteroatoms. The summed E-state index contributed by atoms with van der Waals surface area (Å²) in [4.78, 5) is 40.8. The number of carbonyl (C=O) groups excluding carboxylic acids is 2. The van der Waals surface area contributed by atoms with Crippen molar-refractivity contribution >= 4 is 17.6 Å². The van der Waals surface area contributed by atoms with Gasteiger partial charge in [0.2, 0.25) is 0 Å². The number of nitrogens with zero attached hydrogens (tertiary/aromatic N) is 2. The summed E-state index contributed by atoms with van der Waals surface area (Å²) < 4.78 is 50.9. The molecule has 0 aliphatic heterocycles. The maximum absolute atomic E-state index is 15.6. The number of aromatic nitrogens is 1. The van der Waals surface area contributed by atoms with Crippen molar-refractivity contribution in [2.45, 2.75) is 50.8 Å². The van der Waals surface area contributed by atoms with Crippen molar-refractivity contribution < 1.29 is 27.5 Å². The monoisotopic (exact) mass is 603 g/mol. The summed E-state index contributed by atoms with van der Waals surface area (Å²) in [5.41, 5.74) is 5.56. The van der Waals surface area contributed by atoms with Gasteiger partial charge in [-0.15, -0.1) is 0 Å². The number of carbonyl (C=O) groups is 2. The Bertz CT molecular complexity index is 1700. The molecule has 228 valence electrons. The number of esters is 1. The molecular formula is C34H32F3N3O4. The minimum atomic E-state index is -1.08. The molecule has 0 bridgehead atoms. The second kappa shape index (κ2) is 13.3. The Balaban J connectivity index is 1.43. The topological polar surface area (TPSA) is 94.6 Å². The lowest BCUT2D eigenvalue weighted by Crippen LogP contribution is -2.42. The van der Waals surface area contributed by atoms with Gasteiger partial charge in [0.1, 0.15) is 29.5 Å². The van der Waals surface area contributed by atoms with Crippen molar-refractivity contribution in [3.63, 3.8) is 0 Å². The molecule has 0 unspecified atom stereocenters. The number of nitrogen functional groups attached to an aromatic ring is 1. The number of ketones is 1. The number of halogens is 3. The first-order chi connectivity index (χ1) is 21.1. The van der Waals surface area contributed by atoms with Gasteiger partial charge in [0.05, 0.1) is 5.56 Å². The molecule has 44 heavy (non-hydrogen) atoms. The highest BCUT2D eigenvalue weighted by molar-refractivity contribution is 6.11. The van der Waals surface area contributed by atoms with Crippen LogP contribution in [0.1, 0.15) is 52.7 Å². The van der Waals surface area contributed by atoms with Crippen LogP contribution in [-0.4, -0.2) is 40.4 Å². The van der Waals surface area contributed by atoms with E-state index in [9.17, 15) is 18.8 Å². The van der Waals surface area contributed by atoms with E-state index in [1.54, 1.807) is 11.9 Å². The molecular weight excluding hydrogens is 571 g/mol. The SMILES string of the molecule is CN(Cc1cc(F)c(-n2c(N)c(C(=O)c3ccc(F)cc3)ccc2=O)c(F)c1)[C@@H](Cc1ccccc1)C(=O)OC1CCCC1. The second-order valence-corrected chi connectivity index (χ2v) is 11.0. The van der Waals surface area contributed by atoms with Crippen LogP contribution >= 0.6 is 0 Å². The van der Waals surface area contributed by atoms with Crippen molar-refractivity contribution in [3.8, 4) is 5.69 Å². The number of pyridine rings is 1. The minimum absolute atomic E-state index is 0.00113. The predicted molar refractivity (Wildman–Crippen MR) is 160 cm³/mol. The molecule has 2 N–H and O–H groups in total. The van der Waals surface area contributed by atoms with E-state index in [1.165, 1.54) is 12.1 Å². The average Bonchev–Trinajstić information content (AvgIpc) is 3.51. The largest absolute Gasteiger partial charge is 0.461 e. The van der Waals surface area contributed by atoms with Gasteiger partial charge in [-0.25, -0.2) is 13.2 Å². The molecule has 0 spiro atoms. The molecule has 1 aliphatic carbocycles. The summed E-state index contributed by atoms with van der Waals surface area (Å²) in [6.07, 6.45) is 3.82. The van der Waals surface area contributed by atoms with Crippen molar-refractivity contribution in [2.75, 3.05) is 12.8 Å². The summed E-state index contributed by atoms with van der Waals surface area (Å²) in [5.74, 6) is -4.23. The van der Waals surface area contributed by atoms with E-state index in [0.717, 1.165) is 67.6 Å². The second-order valence-electron chi connectivity index (χ2n) is 11.0. The van der Waals surface area contributed by atoms with Crippen molar-refractivity contribution in [2.24, 2.45) is 0 Å². The van der Waals surface area contributed by atoms with Gasteiger partial charge < -0.3 is 10.5 Å². The summed E-state index contributed by atoms with van der Waals surface area (Å²) in [6.45, 7) is -0.00113. The number of hydrogen-bond acceptors (Lipinski definition) is 6.